The highest BCUT2D eigenvalue weighted by Gasteiger charge is 1.99. The molecule has 6 N–H and O–H groups in total. The molecule has 0 aromatic heterocycles. The zero-order chi connectivity index (χ0) is 10.1. The Balaban J connectivity index is 3.17. The number of hydrogen-bond acceptors (Lipinski definition) is 6. The van der Waals surface area contributed by atoms with Crippen LogP contribution in [0.2, 0.25) is 0 Å². The molecule has 0 heterocycles. The minimum absolute atomic E-state index is 0.180. The summed E-state index contributed by atoms with van der Waals surface area (Å²) in [5.41, 5.74) is 3.71. The van der Waals surface area contributed by atoms with Crippen LogP contribution in [0.3, 0.4) is 0 Å². The van der Waals surface area contributed by atoms with Crippen LogP contribution in [-0.2, 0) is 19.1 Å². The Kier molecular flexibility index (Phi) is 6.73. The van der Waals surface area contributed by atoms with E-state index in [4.69, 9.17) is 11.7 Å². The van der Waals surface area contributed by atoms with Gasteiger partial charge >= 0.3 is 0 Å². The van der Waals surface area contributed by atoms with Crippen molar-refractivity contribution < 1.29 is 19.1 Å². The normalized spacial score (nSPS) is 9.38. The van der Waals surface area contributed by atoms with Crippen LogP contribution in [-0.4, -0.2) is 31.8 Å². The van der Waals surface area contributed by atoms with Gasteiger partial charge in [0.05, 0.1) is 0 Å². The quantitative estimate of drug-likeness (QED) is 0.116. The number of rotatable bonds is 6. The monoisotopic (exact) mass is 192 g/mol. The third-order valence-corrected chi connectivity index (χ3v) is 0.955. The molecule has 0 aliphatic heterocycles. The van der Waals surface area contributed by atoms with Gasteiger partial charge in [-0.05, 0) is 0 Å². The van der Waals surface area contributed by atoms with Crippen LogP contribution in [0.15, 0.2) is 0 Å². The first-order valence-corrected chi connectivity index (χ1v) is 3.35. The van der Waals surface area contributed by atoms with E-state index in [0.717, 1.165) is 0 Å². The molecule has 0 aliphatic rings. The van der Waals surface area contributed by atoms with Gasteiger partial charge < -0.3 is 9.47 Å². The lowest BCUT2D eigenvalue weighted by Crippen LogP contribution is -2.35. The molecule has 0 saturated heterocycles. The standard InChI is InChI=1S/C5H12N4O4/c6-8-4(10)1-12-3-13-2-5(11)9-7/h1-3,6-7H2,(H,8,10)(H,9,11). The number of hydrogen-bond donors (Lipinski definition) is 4. The predicted molar refractivity (Wildman–Crippen MR) is 41.4 cm³/mol. The van der Waals surface area contributed by atoms with Gasteiger partial charge in [-0.3, -0.25) is 20.4 Å². The zero-order valence-electron chi connectivity index (χ0n) is 6.91. The van der Waals surface area contributed by atoms with Crippen molar-refractivity contribution in [1.29, 1.82) is 0 Å². The molecule has 0 radical (unpaired) electrons. The Hall–Kier alpha value is -1.22. The van der Waals surface area contributed by atoms with Gasteiger partial charge in [-0.15, -0.1) is 0 Å². The maximum atomic E-state index is 10.4. The summed E-state index contributed by atoms with van der Waals surface area (Å²) in [6.07, 6.45) is 0. The van der Waals surface area contributed by atoms with Crippen LogP contribution in [0.4, 0.5) is 0 Å². The smallest absolute Gasteiger partial charge is 0.259 e. The van der Waals surface area contributed by atoms with Gasteiger partial charge in [0.1, 0.15) is 20.0 Å². The van der Waals surface area contributed by atoms with Crippen molar-refractivity contribution in [2.75, 3.05) is 20.0 Å². The van der Waals surface area contributed by atoms with E-state index in [0.29, 0.717) is 0 Å². The number of carbonyl (C=O) groups is 2. The number of nitrogens with two attached hydrogens (primary N) is 2. The van der Waals surface area contributed by atoms with E-state index >= 15 is 0 Å². The van der Waals surface area contributed by atoms with Gasteiger partial charge in [0.25, 0.3) is 11.8 Å². The minimum atomic E-state index is -0.480. The van der Waals surface area contributed by atoms with Gasteiger partial charge in [0, 0.05) is 0 Å². The van der Waals surface area contributed by atoms with Crippen LogP contribution in [0.25, 0.3) is 0 Å². The van der Waals surface area contributed by atoms with Crippen molar-refractivity contribution in [1.82, 2.24) is 10.9 Å². The third kappa shape index (κ3) is 7.15. The van der Waals surface area contributed by atoms with Gasteiger partial charge in [-0.1, -0.05) is 0 Å². The molecule has 0 aromatic carbocycles. The largest absolute Gasteiger partial charge is 0.346 e. The summed E-state index contributed by atoms with van der Waals surface area (Å²) < 4.78 is 9.29. The molecular formula is C5H12N4O4. The topological polar surface area (TPSA) is 129 Å². The fraction of sp³-hybridized carbons (Fsp3) is 0.600. The first-order valence-electron chi connectivity index (χ1n) is 3.35. The fourth-order valence-electron chi connectivity index (χ4n) is 0.411. The second-order valence-corrected chi connectivity index (χ2v) is 1.95. The second-order valence-electron chi connectivity index (χ2n) is 1.95. The molecular weight excluding hydrogens is 180 g/mol. The molecule has 0 atom stereocenters. The van der Waals surface area contributed by atoms with Crippen LogP contribution in [0, 0.1) is 0 Å². The Morgan fingerprint density at radius 3 is 1.69 bits per heavy atom. The Morgan fingerprint density at radius 1 is 1.00 bits per heavy atom. The lowest BCUT2D eigenvalue weighted by molar-refractivity contribution is -0.137. The number of amides is 2. The highest BCUT2D eigenvalue weighted by Crippen LogP contribution is 1.78. The lowest BCUT2D eigenvalue weighted by atomic mass is 10.7. The van der Waals surface area contributed by atoms with E-state index < -0.39 is 11.8 Å². The van der Waals surface area contributed by atoms with E-state index in [1.54, 1.807) is 0 Å². The molecule has 0 saturated carbocycles. The van der Waals surface area contributed by atoms with Crippen molar-refractivity contribution in [2.45, 2.75) is 0 Å². The molecule has 13 heavy (non-hydrogen) atoms. The van der Waals surface area contributed by atoms with Gasteiger partial charge in [-0.25, -0.2) is 11.7 Å². The Morgan fingerprint density at radius 2 is 1.38 bits per heavy atom. The molecule has 0 unspecified atom stereocenters. The van der Waals surface area contributed by atoms with Crippen molar-refractivity contribution >= 4 is 11.8 Å². The molecule has 0 fully saturated rings. The molecule has 2 amide bonds. The number of carbonyl (C=O) groups excluding carboxylic acids is 2. The molecule has 0 aromatic rings. The first-order chi connectivity index (χ1) is 6.20. The first kappa shape index (κ1) is 11.8. The Bertz CT molecular complexity index is 156. The summed E-state index contributed by atoms with van der Waals surface area (Å²) >= 11 is 0. The molecule has 8 nitrogen and oxygen atoms in total. The molecule has 76 valence electrons. The third-order valence-electron chi connectivity index (χ3n) is 0.955. The number of nitrogens with one attached hydrogen (secondary N) is 2. The molecule has 0 aliphatic carbocycles. The van der Waals surface area contributed by atoms with Gasteiger partial charge in [-0.2, -0.15) is 0 Å². The van der Waals surface area contributed by atoms with Crippen molar-refractivity contribution in [3.8, 4) is 0 Å². The van der Waals surface area contributed by atoms with Crippen LogP contribution >= 0.6 is 0 Å². The zero-order valence-corrected chi connectivity index (χ0v) is 6.91. The van der Waals surface area contributed by atoms with Crippen LogP contribution in [0.1, 0.15) is 0 Å². The van der Waals surface area contributed by atoms with E-state index in [-0.39, 0.29) is 20.0 Å². The van der Waals surface area contributed by atoms with E-state index in [9.17, 15) is 9.59 Å². The van der Waals surface area contributed by atoms with Gasteiger partial charge in [0.15, 0.2) is 0 Å². The highest BCUT2D eigenvalue weighted by atomic mass is 16.7. The lowest BCUT2D eigenvalue weighted by Gasteiger charge is -2.03. The van der Waals surface area contributed by atoms with E-state index in [1.165, 1.54) is 0 Å². The summed E-state index contributed by atoms with van der Waals surface area (Å²) in [6.45, 7) is -0.623. The highest BCUT2D eigenvalue weighted by molar-refractivity contribution is 5.76. The second kappa shape index (κ2) is 7.43. The number of hydrazine groups is 2. The molecule has 0 bridgehead atoms. The predicted octanol–water partition coefficient (Wildman–Crippen LogP) is -3.04. The van der Waals surface area contributed by atoms with E-state index in [2.05, 4.69) is 9.47 Å². The van der Waals surface area contributed by atoms with Crippen LogP contribution < -0.4 is 22.5 Å². The molecule has 0 spiro atoms. The maximum Gasteiger partial charge on any atom is 0.259 e. The van der Waals surface area contributed by atoms with Crippen molar-refractivity contribution in [3.05, 3.63) is 0 Å². The summed E-state index contributed by atoms with van der Waals surface area (Å²) in [7, 11) is 0. The van der Waals surface area contributed by atoms with E-state index in [1.807, 2.05) is 10.9 Å². The van der Waals surface area contributed by atoms with Crippen molar-refractivity contribution in [2.24, 2.45) is 11.7 Å². The average Bonchev–Trinajstić information content (AvgIpc) is 2.16. The average molecular weight is 192 g/mol. The summed E-state index contributed by atoms with van der Waals surface area (Å²) in [5.74, 6) is 8.55. The summed E-state index contributed by atoms with van der Waals surface area (Å²) in [4.78, 5) is 20.9. The summed E-state index contributed by atoms with van der Waals surface area (Å²) in [5, 5.41) is 0. The van der Waals surface area contributed by atoms with Gasteiger partial charge in [0.2, 0.25) is 0 Å². The molecule has 8 heteroatoms. The fourth-order valence-corrected chi connectivity index (χ4v) is 0.411. The number of ether oxygens (including phenoxy) is 2. The SMILES string of the molecule is NNC(=O)COCOCC(=O)NN. The maximum absolute atomic E-state index is 10.4. The summed E-state index contributed by atoms with van der Waals surface area (Å²) in [6, 6.07) is 0. The minimum Gasteiger partial charge on any atom is -0.346 e. The van der Waals surface area contributed by atoms with Crippen LogP contribution in [0.5, 0.6) is 0 Å². The van der Waals surface area contributed by atoms with Crippen molar-refractivity contribution in [3.63, 3.8) is 0 Å². The Labute approximate surface area is 74.5 Å². The molecule has 0 rings (SSSR count).